The second kappa shape index (κ2) is 7.56. The average Bonchev–Trinajstić information content (AvgIpc) is 2.91. The summed E-state index contributed by atoms with van der Waals surface area (Å²) in [5.74, 6) is 5.47. The van der Waals surface area contributed by atoms with Crippen LogP contribution in [0.1, 0.15) is 5.82 Å². The van der Waals surface area contributed by atoms with Gasteiger partial charge in [-0.1, -0.05) is 17.8 Å². The number of aromatic nitrogens is 3. The Balaban J connectivity index is 1.98. The first-order chi connectivity index (χ1) is 11.0. The Kier molecular flexibility index (Phi) is 5.49. The van der Waals surface area contributed by atoms with Gasteiger partial charge in [0.25, 0.3) is 5.69 Å². The summed E-state index contributed by atoms with van der Waals surface area (Å²) in [6, 6.07) is 6.19. The number of nitrogens with zero attached hydrogens (tertiary/aromatic N) is 4. The molecule has 10 nitrogen and oxygen atoms in total. The van der Waals surface area contributed by atoms with E-state index in [1.54, 1.807) is 23.7 Å². The number of benzene rings is 1. The number of non-ortho nitro benzene ring substituents is 1. The summed E-state index contributed by atoms with van der Waals surface area (Å²) in [4.78, 5) is 21.4. The standard InChI is InChI=1S/C12H15N7O3S/c1-18-10(16-17-12(18)23-7-11(20)15-13)6-14-8-3-2-4-9(5-8)19(21)22/h2-5,14H,6-7,13H2,1H3,(H,15,20). The summed E-state index contributed by atoms with van der Waals surface area (Å²) in [6.07, 6.45) is 0. The molecule has 0 radical (unpaired) electrons. The fourth-order valence-corrected chi connectivity index (χ4v) is 2.45. The van der Waals surface area contributed by atoms with Crippen LogP contribution in [0.2, 0.25) is 0 Å². The van der Waals surface area contributed by atoms with E-state index in [9.17, 15) is 14.9 Å². The van der Waals surface area contributed by atoms with Crippen LogP contribution in [0.5, 0.6) is 0 Å². The number of carbonyl (C=O) groups is 1. The Labute approximate surface area is 135 Å². The number of nitrogens with two attached hydrogens (primary N) is 1. The zero-order valence-corrected chi connectivity index (χ0v) is 13.0. The molecule has 122 valence electrons. The van der Waals surface area contributed by atoms with Crippen molar-refractivity contribution in [1.82, 2.24) is 20.2 Å². The fourth-order valence-electron chi connectivity index (χ4n) is 1.71. The van der Waals surface area contributed by atoms with Gasteiger partial charge >= 0.3 is 0 Å². The predicted octanol–water partition coefficient (Wildman–Crippen LogP) is 0.417. The number of hydrazine groups is 1. The average molecular weight is 337 g/mol. The van der Waals surface area contributed by atoms with Gasteiger partial charge in [0.2, 0.25) is 5.91 Å². The van der Waals surface area contributed by atoms with Crippen molar-refractivity contribution < 1.29 is 9.72 Å². The van der Waals surface area contributed by atoms with Gasteiger partial charge in [0, 0.05) is 24.9 Å². The fraction of sp³-hybridized carbons (Fsp3) is 0.250. The van der Waals surface area contributed by atoms with Crippen molar-refractivity contribution in [1.29, 1.82) is 0 Å². The molecule has 1 amide bonds. The maximum Gasteiger partial charge on any atom is 0.271 e. The number of amides is 1. The third-order valence-corrected chi connectivity index (χ3v) is 3.95. The molecule has 0 unspecified atom stereocenters. The molecule has 0 aliphatic carbocycles. The molecular formula is C12H15N7O3S. The van der Waals surface area contributed by atoms with E-state index in [4.69, 9.17) is 5.84 Å². The van der Waals surface area contributed by atoms with E-state index in [1.807, 2.05) is 5.43 Å². The van der Waals surface area contributed by atoms with Gasteiger partial charge in [-0.05, 0) is 6.07 Å². The van der Waals surface area contributed by atoms with Crippen LogP contribution < -0.4 is 16.6 Å². The molecule has 2 rings (SSSR count). The van der Waals surface area contributed by atoms with Crippen LogP contribution >= 0.6 is 11.8 Å². The Bertz CT molecular complexity index is 718. The number of rotatable bonds is 7. The monoisotopic (exact) mass is 337 g/mol. The van der Waals surface area contributed by atoms with E-state index >= 15 is 0 Å². The van der Waals surface area contributed by atoms with E-state index in [2.05, 4.69) is 15.5 Å². The molecule has 0 bridgehead atoms. The molecule has 1 heterocycles. The SMILES string of the molecule is Cn1c(CNc2cccc([N+](=O)[O-])c2)nnc1SCC(=O)NN. The van der Waals surface area contributed by atoms with Gasteiger partial charge in [-0.3, -0.25) is 20.3 Å². The van der Waals surface area contributed by atoms with Gasteiger partial charge < -0.3 is 9.88 Å². The minimum atomic E-state index is -0.454. The second-order valence-electron chi connectivity index (χ2n) is 4.47. The van der Waals surface area contributed by atoms with Crippen LogP contribution in [0, 0.1) is 10.1 Å². The van der Waals surface area contributed by atoms with Crippen molar-refractivity contribution in [3.63, 3.8) is 0 Å². The van der Waals surface area contributed by atoms with Crippen LogP contribution in [0.15, 0.2) is 29.4 Å². The molecule has 0 saturated carbocycles. The molecule has 4 N–H and O–H groups in total. The summed E-state index contributed by atoms with van der Waals surface area (Å²) in [6.45, 7) is 0.342. The smallest absolute Gasteiger partial charge is 0.271 e. The lowest BCUT2D eigenvalue weighted by Gasteiger charge is -2.06. The first kappa shape index (κ1) is 16.7. The highest BCUT2D eigenvalue weighted by atomic mass is 32.2. The van der Waals surface area contributed by atoms with E-state index in [-0.39, 0.29) is 17.3 Å². The second-order valence-corrected chi connectivity index (χ2v) is 5.42. The summed E-state index contributed by atoms with van der Waals surface area (Å²) in [5.41, 5.74) is 2.66. The number of nitrogens with one attached hydrogen (secondary N) is 2. The van der Waals surface area contributed by atoms with E-state index in [0.717, 1.165) is 0 Å². The normalized spacial score (nSPS) is 10.3. The number of nitro groups is 1. The highest BCUT2D eigenvalue weighted by Gasteiger charge is 2.11. The van der Waals surface area contributed by atoms with Crippen LogP contribution in [-0.4, -0.2) is 31.3 Å². The first-order valence-electron chi connectivity index (χ1n) is 6.50. The molecule has 0 aliphatic heterocycles. The van der Waals surface area contributed by atoms with Crippen LogP contribution in [0.3, 0.4) is 0 Å². The molecule has 0 atom stereocenters. The molecule has 0 fully saturated rings. The minimum absolute atomic E-state index is 0.0111. The lowest BCUT2D eigenvalue weighted by atomic mass is 10.3. The maximum atomic E-state index is 11.1. The van der Waals surface area contributed by atoms with Crippen molar-refractivity contribution in [2.45, 2.75) is 11.7 Å². The summed E-state index contributed by atoms with van der Waals surface area (Å²) >= 11 is 1.21. The molecule has 0 saturated heterocycles. The molecule has 1 aromatic heterocycles. The lowest BCUT2D eigenvalue weighted by Crippen LogP contribution is -2.31. The molecule has 0 spiro atoms. The summed E-state index contributed by atoms with van der Waals surface area (Å²) < 4.78 is 1.73. The van der Waals surface area contributed by atoms with E-state index < -0.39 is 4.92 Å². The topological polar surface area (TPSA) is 141 Å². The lowest BCUT2D eigenvalue weighted by molar-refractivity contribution is -0.384. The minimum Gasteiger partial charge on any atom is -0.378 e. The van der Waals surface area contributed by atoms with Gasteiger partial charge in [-0.15, -0.1) is 10.2 Å². The van der Waals surface area contributed by atoms with E-state index in [0.29, 0.717) is 23.2 Å². The molecule has 11 heteroatoms. The highest BCUT2D eigenvalue weighted by molar-refractivity contribution is 7.99. The number of hydrogen-bond donors (Lipinski definition) is 3. The van der Waals surface area contributed by atoms with Gasteiger partial charge in [-0.2, -0.15) is 0 Å². The Hall–Kier alpha value is -2.66. The summed E-state index contributed by atoms with van der Waals surface area (Å²) in [5, 5.41) is 22.4. The largest absolute Gasteiger partial charge is 0.378 e. The first-order valence-corrected chi connectivity index (χ1v) is 7.48. The predicted molar refractivity (Wildman–Crippen MR) is 84.5 cm³/mol. The van der Waals surface area contributed by atoms with Gasteiger partial charge in [0.05, 0.1) is 17.2 Å². The number of nitro benzene ring substituents is 1. The van der Waals surface area contributed by atoms with Crippen molar-refractivity contribution in [3.8, 4) is 0 Å². The van der Waals surface area contributed by atoms with Crippen LogP contribution in [0.25, 0.3) is 0 Å². The number of thioether (sulfide) groups is 1. The van der Waals surface area contributed by atoms with Gasteiger partial charge in [0.15, 0.2) is 11.0 Å². The van der Waals surface area contributed by atoms with Gasteiger partial charge in [-0.25, -0.2) is 5.84 Å². The zero-order valence-electron chi connectivity index (χ0n) is 12.2. The van der Waals surface area contributed by atoms with Crippen molar-refractivity contribution in [3.05, 3.63) is 40.2 Å². The van der Waals surface area contributed by atoms with Crippen molar-refractivity contribution >= 4 is 29.0 Å². The van der Waals surface area contributed by atoms with Crippen molar-refractivity contribution in [2.24, 2.45) is 12.9 Å². The zero-order chi connectivity index (χ0) is 16.8. The van der Waals surface area contributed by atoms with Crippen LogP contribution in [-0.2, 0) is 18.4 Å². The quantitative estimate of drug-likeness (QED) is 0.217. The summed E-state index contributed by atoms with van der Waals surface area (Å²) in [7, 11) is 1.77. The molecule has 23 heavy (non-hydrogen) atoms. The Morgan fingerprint density at radius 1 is 1.48 bits per heavy atom. The third-order valence-electron chi connectivity index (χ3n) is 2.93. The van der Waals surface area contributed by atoms with E-state index in [1.165, 1.54) is 23.9 Å². The highest BCUT2D eigenvalue weighted by Crippen LogP contribution is 2.19. The number of hydrogen-bond acceptors (Lipinski definition) is 8. The molecule has 2 aromatic rings. The Morgan fingerprint density at radius 2 is 2.26 bits per heavy atom. The number of carbonyl (C=O) groups excluding carboxylic acids is 1. The number of anilines is 1. The Morgan fingerprint density at radius 3 is 2.96 bits per heavy atom. The molecular weight excluding hydrogens is 322 g/mol. The molecule has 0 aliphatic rings. The van der Waals surface area contributed by atoms with Gasteiger partial charge in [0.1, 0.15) is 0 Å². The molecule has 1 aromatic carbocycles. The van der Waals surface area contributed by atoms with Crippen molar-refractivity contribution in [2.75, 3.05) is 11.1 Å². The maximum absolute atomic E-state index is 11.1. The third kappa shape index (κ3) is 4.40. The van der Waals surface area contributed by atoms with Crippen LogP contribution in [0.4, 0.5) is 11.4 Å².